The van der Waals surface area contributed by atoms with Gasteiger partial charge < -0.3 is 54.2 Å². The summed E-state index contributed by atoms with van der Waals surface area (Å²) in [5, 5.41) is 25.5. The molecule has 2 amide bonds. The maximum absolute atomic E-state index is 15.5. The molecule has 0 radical (unpaired) electrons. The van der Waals surface area contributed by atoms with Gasteiger partial charge in [0.15, 0.2) is 17.3 Å². The Morgan fingerprint density at radius 3 is 1.82 bits per heavy atom. The van der Waals surface area contributed by atoms with E-state index in [9.17, 15) is 14.4 Å². The second-order valence-electron chi connectivity index (χ2n) is 12.5. The fourth-order valence-electron chi connectivity index (χ4n) is 5.77. The summed E-state index contributed by atoms with van der Waals surface area (Å²) in [6.45, 7) is 4.48. The number of halogens is 1. The SMILES string of the molecule is COc1ccc(OCCOCCOCCOCCOCCOCCO)c(C(=O)c2ccc(C(=O)N[C@@H]3CNC[C@H]3NC(=O)c3ccc4cn[nH]c4c3)cc2)c1F. The Hall–Kier alpha value is -5.01. The second-order valence-corrected chi connectivity index (χ2v) is 12.5. The van der Waals surface area contributed by atoms with E-state index in [-0.39, 0.29) is 60.0 Å². The maximum Gasteiger partial charge on any atom is 0.251 e. The number of amides is 2. The number of nitrogens with one attached hydrogen (secondary N) is 4. The van der Waals surface area contributed by atoms with Gasteiger partial charge in [-0.1, -0.05) is 18.2 Å². The van der Waals surface area contributed by atoms with Crippen molar-refractivity contribution in [1.29, 1.82) is 0 Å². The van der Waals surface area contributed by atoms with E-state index < -0.39 is 23.5 Å². The Bertz CT molecular complexity index is 1860. The minimum absolute atomic E-state index is 0.0140. The fraction of sp³-hybridized carbons (Fsp3) is 0.436. The topological polar surface area (TPSA) is 201 Å². The van der Waals surface area contributed by atoms with Crippen LogP contribution in [0.4, 0.5) is 4.39 Å². The van der Waals surface area contributed by atoms with Crippen molar-refractivity contribution in [3.63, 3.8) is 0 Å². The standard InChI is InChI=1S/C39H48FN5O11/c1-50-34-9-8-33(56-21-20-55-19-18-54-17-16-53-15-14-52-13-12-51-11-10-46)35(36(34)40)37(47)26-2-4-27(5-3-26)38(48)43-31-24-41-25-32(31)44-39(49)28-6-7-29-23-42-45-30(29)22-28/h2-9,22-23,31-32,41,46H,10-21,24-25H2,1H3,(H,42,45)(H,43,48)(H,44,49)/t31-,32-/m1/s1. The first-order chi connectivity index (χ1) is 27.4. The normalized spacial score (nSPS) is 15.2. The molecule has 56 heavy (non-hydrogen) atoms. The predicted molar refractivity (Wildman–Crippen MR) is 201 cm³/mol. The molecule has 0 spiro atoms. The molecule has 0 unspecified atom stereocenters. The number of nitrogens with zero attached hydrogens (tertiary/aromatic N) is 1. The minimum Gasteiger partial charge on any atom is -0.494 e. The number of hydrogen-bond donors (Lipinski definition) is 5. The number of fused-ring (bicyclic) bond motifs is 1. The van der Waals surface area contributed by atoms with Gasteiger partial charge in [-0.3, -0.25) is 19.5 Å². The van der Waals surface area contributed by atoms with E-state index in [0.717, 1.165) is 10.9 Å². The number of aliphatic hydroxyl groups is 1. The van der Waals surface area contributed by atoms with E-state index in [1.807, 2.05) is 6.07 Å². The lowest BCUT2D eigenvalue weighted by Gasteiger charge is -2.21. The number of H-pyrrole nitrogens is 1. The average molecular weight is 782 g/mol. The van der Waals surface area contributed by atoms with Crippen molar-refractivity contribution in [1.82, 2.24) is 26.1 Å². The molecule has 17 heteroatoms. The van der Waals surface area contributed by atoms with Gasteiger partial charge >= 0.3 is 0 Å². The average Bonchev–Trinajstić information content (AvgIpc) is 3.87. The Morgan fingerprint density at radius 1 is 0.714 bits per heavy atom. The summed E-state index contributed by atoms with van der Waals surface area (Å²) < 4.78 is 53.3. The number of aromatic nitrogens is 2. The van der Waals surface area contributed by atoms with Crippen LogP contribution in [0, 0.1) is 5.82 Å². The highest BCUT2D eigenvalue weighted by Crippen LogP contribution is 2.31. The zero-order valence-corrected chi connectivity index (χ0v) is 31.2. The van der Waals surface area contributed by atoms with Crippen molar-refractivity contribution < 1.29 is 57.0 Å². The minimum atomic E-state index is -0.877. The molecule has 1 saturated heterocycles. The van der Waals surface area contributed by atoms with Crippen molar-refractivity contribution in [2.45, 2.75) is 12.1 Å². The lowest BCUT2D eigenvalue weighted by molar-refractivity contribution is -0.0146. The maximum atomic E-state index is 15.5. The van der Waals surface area contributed by atoms with Gasteiger partial charge in [-0.2, -0.15) is 5.10 Å². The van der Waals surface area contributed by atoms with Gasteiger partial charge in [-0.25, -0.2) is 4.39 Å². The van der Waals surface area contributed by atoms with Crippen LogP contribution in [-0.2, 0) is 23.7 Å². The van der Waals surface area contributed by atoms with Crippen LogP contribution in [0.2, 0.25) is 0 Å². The molecular weight excluding hydrogens is 733 g/mol. The zero-order valence-electron chi connectivity index (χ0n) is 31.2. The van der Waals surface area contributed by atoms with Crippen LogP contribution in [0.3, 0.4) is 0 Å². The lowest BCUT2D eigenvalue weighted by Crippen LogP contribution is -2.51. The molecule has 2 heterocycles. The number of ether oxygens (including phenoxy) is 7. The summed E-state index contributed by atoms with van der Waals surface area (Å²) in [5.41, 5.74) is 1.31. The van der Waals surface area contributed by atoms with Crippen molar-refractivity contribution in [3.05, 3.63) is 88.9 Å². The van der Waals surface area contributed by atoms with Crippen LogP contribution in [0.1, 0.15) is 36.6 Å². The number of rotatable bonds is 25. The van der Waals surface area contributed by atoms with E-state index in [2.05, 4.69) is 26.1 Å². The molecule has 1 aliphatic rings. The van der Waals surface area contributed by atoms with Gasteiger partial charge in [-0.05, 0) is 36.4 Å². The molecule has 2 atom stereocenters. The van der Waals surface area contributed by atoms with Crippen molar-refractivity contribution >= 4 is 28.5 Å². The van der Waals surface area contributed by atoms with E-state index in [0.29, 0.717) is 78.1 Å². The first-order valence-electron chi connectivity index (χ1n) is 18.3. The van der Waals surface area contributed by atoms with E-state index in [4.69, 9.17) is 38.3 Å². The highest BCUT2D eigenvalue weighted by molar-refractivity contribution is 6.11. The molecule has 302 valence electrons. The molecule has 3 aromatic carbocycles. The summed E-state index contributed by atoms with van der Waals surface area (Å²) in [6.07, 6.45) is 1.68. The van der Waals surface area contributed by atoms with Crippen LogP contribution in [0.25, 0.3) is 10.9 Å². The second kappa shape index (κ2) is 22.5. The largest absolute Gasteiger partial charge is 0.494 e. The molecule has 1 aliphatic heterocycles. The first-order valence-corrected chi connectivity index (χ1v) is 18.3. The molecule has 16 nitrogen and oxygen atoms in total. The highest BCUT2D eigenvalue weighted by Gasteiger charge is 2.30. The molecular formula is C39H48FN5O11. The van der Waals surface area contributed by atoms with Crippen molar-refractivity contribution in [2.24, 2.45) is 0 Å². The number of ketones is 1. The third kappa shape index (κ3) is 12.2. The molecule has 0 bridgehead atoms. The molecule has 1 fully saturated rings. The Kier molecular flexibility index (Phi) is 16.9. The number of carbonyl (C=O) groups excluding carboxylic acids is 3. The van der Waals surface area contributed by atoms with Gasteiger partial charge in [0.2, 0.25) is 0 Å². The van der Waals surface area contributed by atoms with E-state index in [1.54, 1.807) is 18.3 Å². The van der Waals surface area contributed by atoms with Crippen LogP contribution in [0.5, 0.6) is 11.5 Å². The van der Waals surface area contributed by atoms with Crippen LogP contribution < -0.4 is 25.4 Å². The quantitative estimate of drug-likeness (QED) is 0.0483. The Balaban J connectivity index is 1.05. The van der Waals surface area contributed by atoms with Crippen LogP contribution >= 0.6 is 0 Å². The Morgan fingerprint density at radius 2 is 1.23 bits per heavy atom. The number of hydrogen-bond acceptors (Lipinski definition) is 13. The van der Waals surface area contributed by atoms with Crippen LogP contribution in [-0.4, -0.2) is 144 Å². The van der Waals surface area contributed by atoms with Gasteiger partial charge in [-0.15, -0.1) is 0 Å². The number of carbonyl (C=O) groups is 3. The lowest BCUT2D eigenvalue weighted by atomic mass is 10.00. The van der Waals surface area contributed by atoms with Gasteiger partial charge in [0, 0.05) is 35.2 Å². The van der Waals surface area contributed by atoms with Crippen molar-refractivity contribution in [3.8, 4) is 11.5 Å². The van der Waals surface area contributed by atoms with Gasteiger partial charge in [0.25, 0.3) is 11.8 Å². The predicted octanol–water partition coefficient (Wildman–Crippen LogP) is 1.90. The van der Waals surface area contributed by atoms with Crippen LogP contribution in [0.15, 0.2) is 60.8 Å². The molecule has 0 saturated carbocycles. The zero-order chi connectivity index (χ0) is 39.5. The molecule has 0 aliphatic carbocycles. The molecule has 4 aromatic rings. The van der Waals surface area contributed by atoms with Gasteiger partial charge in [0.05, 0.1) is 104 Å². The number of benzene rings is 3. The summed E-state index contributed by atoms with van der Waals surface area (Å²) in [4.78, 5) is 39.8. The third-order valence-electron chi connectivity index (χ3n) is 8.68. The van der Waals surface area contributed by atoms with Crippen molar-refractivity contribution in [2.75, 3.05) is 99.5 Å². The van der Waals surface area contributed by atoms with Gasteiger partial charge in [0.1, 0.15) is 17.9 Å². The summed E-state index contributed by atoms with van der Waals surface area (Å²) in [7, 11) is 1.30. The number of methoxy groups -OCH3 is 1. The first kappa shape index (κ1) is 42.1. The summed E-state index contributed by atoms with van der Waals surface area (Å²) >= 11 is 0. The molecule has 1 aromatic heterocycles. The number of aliphatic hydroxyl groups excluding tert-OH is 1. The Labute approximate surface area is 323 Å². The van der Waals surface area contributed by atoms with E-state index in [1.165, 1.54) is 43.5 Å². The highest BCUT2D eigenvalue weighted by atomic mass is 19.1. The molecule has 5 N–H and O–H groups in total. The summed E-state index contributed by atoms with van der Waals surface area (Å²) in [6, 6.07) is 13.2. The smallest absolute Gasteiger partial charge is 0.251 e. The number of aromatic amines is 1. The third-order valence-corrected chi connectivity index (χ3v) is 8.68. The van der Waals surface area contributed by atoms with E-state index >= 15 is 4.39 Å². The fourth-order valence-corrected chi connectivity index (χ4v) is 5.77. The summed E-state index contributed by atoms with van der Waals surface area (Å²) in [5.74, 6) is -2.32. The monoisotopic (exact) mass is 781 g/mol. The molecule has 5 rings (SSSR count).